The molecule has 1 aromatic heterocycles. The summed E-state index contributed by atoms with van der Waals surface area (Å²) in [5.74, 6) is 0.709. The first-order valence-electron chi connectivity index (χ1n) is 9.86. The molecular weight excluding hydrogens is 372 g/mol. The molecule has 154 valence electrons. The second-order valence-corrected chi connectivity index (χ2v) is 7.22. The van der Waals surface area contributed by atoms with Crippen LogP contribution >= 0.6 is 0 Å². The lowest BCUT2D eigenvalue weighted by Gasteiger charge is -2.29. The zero-order chi connectivity index (χ0) is 20.8. The van der Waals surface area contributed by atoms with E-state index in [1.54, 1.807) is 48.2 Å². The Morgan fingerprint density at radius 3 is 2.41 bits per heavy atom. The molecule has 2 aromatic rings. The van der Waals surface area contributed by atoms with Gasteiger partial charge in [-0.3, -0.25) is 14.4 Å². The van der Waals surface area contributed by atoms with Crippen molar-refractivity contribution in [1.82, 2.24) is 10.2 Å². The normalized spacial score (nSPS) is 14.9. The van der Waals surface area contributed by atoms with Crippen LogP contribution in [0.15, 0.2) is 40.8 Å². The van der Waals surface area contributed by atoms with E-state index in [0.717, 1.165) is 32.4 Å². The Bertz CT molecular complexity index is 866. The number of ether oxygens (including phenoxy) is 1. The first kappa shape index (κ1) is 20.6. The molecule has 7 heteroatoms. The molecule has 1 aliphatic rings. The molecule has 1 N–H and O–H groups in total. The van der Waals surface area contributed by atoms with Crippen molar-refractivity contribution < 1.29 is 23.5 Å². The molecule has 1 atom stereocenters. The average Bonchev–Trinajstić information content (AvgIpc) is 3.22. The maximum Gasteiger partial charge on any atom is 0.287 e. The molecule has 1 fully saturated rings. The molecule has 1 aliphatic heterocycles. The van der Waals surface area contributed by atoms with Gasteiger partial charge in [-0.25, -0.2) is 0 Å². The van der Waals surface area contributed by atoms with Crippen molar-refractivity contribution >= 4 is 17.6 Å². The van der Waals surface area contributed by atoms with E-state index in [9.17, 15) is 14.4 Å². The maximum absolute atomic E-state index is 12.4. The predicted molar refractivity (Wildman–Crippen MR) is 107 cm³/mol. The van der Waals surface area contributed by atoms with Crippen LogP contribution in [0.25, 0.3) is 0 Å². The molecule has 1 aromatic carbocycles. The van der Waals surface area contributed by atoms with Gasteiger partial charge in [0.1, 0.15) is 24.2 Å². The molecule has 3 rings (SSSR count). The Balaban J connectivity index is 1.51. The van der Waals surface area contributed by atoms with Crippen LogP contribution in [-0.2, 0) is 11.4 Å². The molecule has 0 spiro atoms. The number of hydrogen-bond acceptors (Lipinski definition) is 5. The van der Waals surface area contributed by atoms with E-state index < -0.39 is 11.9 Å². The highest BCUT2D eigenvalue weighted by molar-refractivity contribution is 5.95. The van der Waals surface area contributed by atoms with Gasteiger partial charge in [0.05, 0.1) is 0 Å². The molecule has 0 saturated carbocycles. The number of hydrogen-bond donors (Lipinski definition) is 1. The van der Waals surface area contributed by atoms with Crippen molar-refractivity contribution in [2.24, 2.45) is 0 Å². The van der Waals surface area contributed by atoms with Gasteiger partial charge in [-0.05, 0) is 69.5 Å². The Labute approximate surface area is 170 Å². The van der Waals surface area contributed by atoms with Gasteiger partial charge >= 0.3 is 0 Å². The summed E-state index contributed by atoms with van der Waals surface area (Å²) in [4.78, 5) is 37.9. The van der Waals surface area contributed by atoms with Crippen LogP contribution in [0.4, 0.5) is 0 Å². The monoisotopic (exact) mass is 398 g/mol. The summed E-state index contributed by atoms with van der Waals surface area (Å²) in [5.41, 5.74) is 0.613. The smallest absolute Gasteiger partial charge is 0.287 e. The number of benzene rings is 1. The summed E-state index contributed by atoms with van der Waals surface area (Å²) >= 11 is 0. The van der Waals surface area contributed by atoms with Crippen molar-refractivity contribution in [2.75, 3.05) is 13.1 Å². The topological polar surface area (TPSA) is 88.8 Å². The molecule has 2 heterocycles. The lowest BCUT2D eigenvalue weighted by atomic mass is 10.1. The largest absolute Gasteiger partial charge is 0.486 e. The summed E-state index contributed by atoms with van der Waals surface area (Å²) in [6, 6.07) is 9.42. The Morgan fingerprint density at radius 1 is 1.07 bits per heavy atom. The highest BCUT2D eigenvalue weighted by Crippen LogP contribution is 2.16. The third-order valence-corrected chi connectivity index (χ3v) is 4.91. The molecule has 1 unspecified atom stereocenters. The summed E-state index contributed by atoms with van der Waals surface area (Å²) in [5, 5.41) is 2.70. The second kappa shape index (κ2) is 9.41. The maximum atomic E-state index is 12.4. The van der Waals surface area contributed by atoms with Gasteiger partial charge in [0.2, 0.25) is 5.91 Å². The molecule has 0 radical (unpaired) electrons. The first-order chi connectivity index (χ1) is 13.9. The molecule has 29 heavy (non-hydrogen) atoms. The van der Waals surface area contributed by atoms with E-state index in [1.807, 2.05) is 0 Å². The van der Waals surface area contributed by atoms with E-state index in [4.69, 9.17) is 9.15 Å². The zero-order valence-corrected chi connectivity index (χ0v) is 16.8. The van der Waals surface area contributed by atoms with Gasteiger partial charge in [0.25, 0.3) is 5.91 Å². The van der Waals surface area contributed by atoms with Gasteiger partial charge in [-0.1, -0.05) is 0 Å². The van der Waals surface area contributed by atoms with Gasteiger partial charge < -0.3 is 19.4 Å². The van der Waals surface area contributed by atoms with Gasteiger partial charge in [-0.2, -0.15) is 0 Å². The molecule has 2 amide bonds. The number of nitrogens with zero attached hydrogens (tertiary/aromatic N) is 1. The van der Waals surface area contributed by atoms with Crippen molar-refractivity contribution in [1.29, 1.82) is 0 Å². The quantitative estimate of drug-likeness (QED) is 0.724. The zero-order valence-electron chi connectivity index (χ0n) is 16.8. The van der Waals surface area contributed by atoms with Crippen LogP contribution in [0.2, 0.25) is 0 Å². The van der Waals surface area contributed by atoms with Crippen LogP contribution in [0.3, 0.4) is 0 Å². The van der Waals surface area contributed by atoms with E-state index in [2.05, 4.69) is 5.32 Å². The lowest BCUT2D eigenvalue weighted by Crippen LogP contribution is -2.48. The Hall–Kier alpha value is -3.09. The van der Waals surface area contributed by atoms with E-state index in [0.29, 0.717) is 17.1 Å². The number of carbonyl (C=O) groups is 3. The Morgan fingerprint density at radius 2 is 1.76 bits per heavy atom. The number of nitrogens with one attached hydrogen (secondary N) is 1. The fourth-order valence-corrected chi connectivity index (χ4v) is 3.24. The second-order valence-electron chi connectivity index (χ2n) is 7.22. The highest BCUT2D eigenvalue weighted by Gasteiger charge is 2.24. The predicted octanol–water partition coefficient (Wildman–Crippen LogP) is 3.19. The number of carbonyl (C=O) groups excluding carboxylic acids is 3. The van der Waals surface area contributed by atoms with Crippen molar-refractivity contribution in [3.05, 3.63) is 53.5 Å². The van der Waals surface area contributed by atoms with Crippen LogP contribution in [0.1, 0.15) is 59.8 Å². The van der Waals surface area contributed by atoms with Crippen molar-refractivity contribution in [3.63, 3.8) is 0 Å². The summed E-state index contributed by atoms with van der Waals surface area (Å²) in [7, 11) is 0. The van der Waals surface area contributed by atoms with Crippen LogP contribution < -0.4 is 10.1 Å². The molecule has 1 saturated heterocycles. The molecule has 7 nitrogen and oxygen atoms in total. The van der Waals surface area contributed by atoms with Crippen LogP contribution in [0, 0.1) is 0 Å². The van der Waals surface area contributed by atoms with Crippen LogP contribution in [0.5, 0.6) is 5.75 Å². The number of likely N-dealkylation sites (tertiary alicyclic amines) is 1. The van der Waals surface area contributed by atoms with Gasteiger partial charge in [0, 0.05) is 18.7 Å². The third kappa shape index (κ3) is 5.47. The fraction of sp³-hybridized carbons (Fsp3) is 0.409. The number of piperidine rings is 1. The standard InChI is InChI=1S/C22H26N2O5/c1-15(22(27)24-12-4-3-5-13-24)23-21(26)20-11-10-19(29-20)14-28-18-8-6-17(7-9-18)16(2)25/h6-11,15H,3-5,12-14H2,1-2H3,(H,23,26). The molecular formula is C22H26N2O5. The van der Waals surface area contributed by atoms with Crippen molar-refractivity contribution in [3.8, 4) is 5.75 Å². The summed E-state index contributed by atoms with van der Waals surface area (Å²) < 4.78 is 11.2. The number of furan rings is 1. The number of amides is 2. The minimum Gasteiger partial charge on any atom is -0.486 e. The van der Waals surface area contributed by atoms with Gasteiger partial charge in [-0.15, -0.1) is 0 Å². The summed E-state index contributed by atoms with van der Waals surface area (Å²) in [6.45, 7) is 4.83. The van der Waals surface area contributed by atoms with Crippen LogP contribution in [-0.4, -0.2) is 41.6 Å². The van der Waals surface area contributed by atoms with E-state index >= 15 is 0 Å². The third-order valence-electron chi connectivity index (χ3n) is 4.91. The Kier molecular flexibility index (Phi) is 6.69. The summed E-state index contributed by atoms with van der Waals surface area (Å²) in [6.07, 6.45) is 3.15. The van der Waals surface area contributed by atoms with Gasteiger partial charge in [0.15, 0.2) is 11.5 Å². The number of rotatable bonds is 7. The van der Waals surface area contributed by atoms with Crippen molar-refractivity contribution in [2.45, 2.75) is 45.8 Å². The van der Waals surface area contributed by atoms with E-state index in [1.165, 1.54) is 6.92 Å². The molecule has 0 aliphatic carbocycles. The lowest BCUT2D eigenvalue weighted by molar-refractivity contribution is -0.133. The number of ketones is 1. The minimum atomic E-state index is -0.606. The fourth-order valence-electron chi connectivity index (χ4n) is 3.24. The minimum absolute atomic E-state index is 0.00812. The average molecular weight is 398 g/mol. The van der Waals surface area contributed by atoms with E-state index in [-0.39, 0.29) is 24.1 Å². The SMILES string of the molecule is CC(=O)c1ccc(OCc2ccc(C(=O)NC(C)C(=O)N3CCCCC3)o2)cc1. The highest BCUT2D eigenvalue weighted by atomic mass is 16.5. The first-order valence-corrected chi connectivity index (χ1v) is 9.86. The number of Topliss-reactive ketones (excluding diaryl/α,β-unsaturated/α-hetero) is 1. The molecule has 0 bridgehead atoms.